The minimum Gasteiger partial charge on any atom is -0.378 e. The van der Waals surface area contributed by atoms with Gasteiger partial charge in [0.2, 0.25) is 11.8 Å². The van der Waals surface area contributed by atoms with Crippen molar-refractivity contribution in [3.8, 4) is 0 Å². The number of anilines is 1. The number of morpholine rings is 1. The van der Waals surface area contributed by atoms with Crippen LogP contribution in [0.5, 0.6) is 0 Å². The van der Waals surface area contributed by atoms with Gasteiger partial charge in [-0.2, -0.15) is 0 Å². The molecular formula is C16H22N2O3. The summed E-state index contributed by atoms with van der Waals surface area (Å²) in [7, 11) is 0. The molecule has 0 aromatic heterocycles. The zero-order valence-electron chi connectivity index (χ0n) is 12.7. The Morgan fingerprint density at radius 3 is 2.62 bits per heavy atom. The van der Waals surface area contributed by atoms with Crippen molar-refractivity contribution < 1.29 is 14.3 Å². The van der Waals surface area contributed by atoms with Crippen LogP contribution in [0.2, 0.25) is 0 Å². The molecule has 0 unspecified atom stereocenters. The Morgan fingerprint density at radius 2 is 2.00 bits per heavy atom. The average molecular weight is 290 g/mol. The summed E-state index contributed by atoms with van der Waals surface area (Å²) >= 11 is 0. The predicted octanol–water partition coefficient (Wildman–Crippen LogP) is 1.60. The van der Waals surface area contributed by atoms with Gasteiger partial charge in [0.25, 0.3) is 0 Å². The van der Waals surface area contributed by atoms with Gasteiger partial charge < -0.3 is 14.5 Å². The van der Waals surface area contributed by atoms with Crippen LogP contribution in [0.1, 0.15) is 18.9 Å². The highest BCUT2D eigenvalue weighted by atomic mass is 16.5. The highest BCUT2D eigenvalue weighted by Gasteiger charge is 2.23. The lowest BCUT2D eigenvalue weighted by Crippen LogP contribution is -2.43. The summed E-state index contributed by atoms with van der Waals surface area (Å²) in [6, 6.07) is 7.76. The molecule has 114 valence electrons. The van der Waals surface area contributed by atoms with Crippen molar-refractivity contribution in [2.24, 2.45) is 0 Å². The minimum atomic E-state index is -0.153. The van der Waals surface area contributed by atoms with E-state index in [0.29, 0.717) is 32.8 Å². The van der Waals surface area contributed by atoms with E-state index in [0.717, 1.165) is 11.3 Å². The smallest absolute Gasteiger partial charge is 0.236 e. The third-order valence-corrected chi connectivity index (χ3v) is 3.60. The average Bonchev–Trinajstić information content (AvgIpc) is 2.49. The first-order valence-corrected chi connectivity index (χ1v) is 7.34. The predicted molar refractivity (Wildman–Crippen MR) is 81.2 cm³/mol. The number of carbonyl (C=O) groups is 2. The largest absolute Gasteiger partial charge is 0.378 e. The molecule has 0 bridgehead atoms. The van der Waals surface area contributed by atoms with Gasteiger partial charge in [0, 0.05) is 25.3 Å². The van der Waals surface area contributed by atoms with Crippen LogP contribution in [0.3, 0.4) is 0 Å². The van der Waals surface area contributed by atoms with E-state index in [2.05, 4.69) is 0 Å². The summed E-state index contributed by atoms with van der Waals surface area (Å²) in [6.07, 6.45) is -0.0816. The molecule has 5 nitrogen and oxygen atoms in total. The van der Waals surface area contributed by atoms with Crippen LogP contribution in [0, 0.1) is 6.92 Å². The van der Waals surface area contributed by atoms with Crippen LogP contribution in [0.4, 0.5) is 5.69 Å². The summed E-state index contributed by atoms with van der Waals surface area (Å²) in [5.74, 6) is -0.269. The van der Waals surface area contributed by atoms with Crippen LogP contribution in [-0.2, 0) is 14.3 Å². The first kappa shape index (κ1) is 15.5. The lowest BCUT2D eigenvalue weighted by atomic mass is 10.2. The van der Waals surface area contributed by atoms with Crippen molar-refractivity contribution in [3.63, 3.8) is 0 Å². The molecule has 2 amide bonds. The van der Waals surface area contributed by atoms with Crippen molar-refractivity contribution in [1.29, 1.82) is 0 Å². The molecule has 0 spiro atoms. The first-order valence-electron chi connectivity index (χ1n) is 7.34. The van der Waals surface area contributed by atoms with Crippen molar-refractivity contribution >= 4 is 17.5 Å². The monoisotopic (exact) mass is 290 g/mol. The van der Waals surface area contributed by atoms with E-state index in [1.54, 1.807) is 9.80 Å². The van der Waals surface area contributed by atoms with Gasteiger partial charge in [-0.25, -0.2) is 0 Å². The standard InChI is InChI=1S/C16H22N2O3/c1-3-18(14-6-4-5-13(2)11-14)16(20)12-15(19)17-7-9-21-10-8-17/h4-6,11H,3,7-10,12H2,1-2H3. The fourth-order valence-electron chi connectivity index (χ4n) is 2.45. The van der Waals surface area contributed by atoms with Gasteiger partial charge in [-0.15, -0.1) is 0 Å². The lowest BCUT2D eigenvalue weighted by Gasteiger charge is -2.28. The Labute approximate surface area is 125 Å². The quantitative estimate of drug-likeness (QED) is 0.791. The zero-order chi connectivity index (χ0) is 15.2. The molecule has 1 aromatic rings. The molecule has 0 N–H and O–H groups in total. The first-order chi connectivity index (χ1) is 10.1. The molecule has 21 heavy (non-hydrogen) atoms. The molecule has 5 heteroatoms. The molecule has 1 aliphatic rings. The number of rotatable bonds is 4. The molecule has 0 radical (unpaired) electrons. The Balaban J connectivity index is 2.01. The normalized spacial score (nSPS) is 14.9. The second-order valence-electron chi connectivity index (χ2n) is 5.15. The van der Waals surface area contributed by atoms with E-state index in [-0.39, 0.29) is 18.2 Å². The van der Waals surface area contributed by atoms with Gasteiger partial charge in [0.15, 0.2) is 0 Å². The fourth-order valence-corrected chi connectivity index (χ4v) is 2.45. The van der Waals surface area contributed by atoms with Crippen LogP contribution >= 0.6 is 0 Å². The van der Waals surface area contributed by atoms with Crippen LogP contribution in [0.15, 0.2) is 24.3 Å². The van der Waals surface area contributed by atoms with Crippen LogP contribution in [0.25, 0.3) is 0 Å². The molecular weight excluding hydrogens is 268 g/mol. The summed E-state index contributed by atoms with van der Waals surface area (Å²) < 4.78 is 5.22. The lowest BCUT2D eigenvalue weighted by molar-refractivity contribution is -0.138. The number of carbonyl (C=O) groups excluding carboxylic acids is 2. The van der Waals surface area contributed by atoms with Gasteiger partial charge in [0.1, 0.15) is 6.42 Å². The number of aryl methyl sites for hydroxylation is 1. The van der Waals surface area contributed by atoms with E-state index in [1.807, 2.05) is 38.1 Å². The molecule has 0 aliphatic carbocycles. The number of ether oxygens (including phenoxy) is 1. The Hall–Kier alpha value is -1.88. The summed E-state index contributed by atoms with van der Waals surface area (Å²) in [5.41, 5.74) is 1.94. The topological polar surface area (TPSA) is 49.9 Å². The number of benzene rings is 1. The maximum atomic E-state index is 12.4. The Morgan fingerprint density at radius 1 is 1.29 bits per heavy atom. The summed E-state index contributed by atoms with van der Waals surface area (Å²) in [4.78, 5) is 27.9. The fraction of sp³-hybridized carbons (Fsp3) is 0.500. The summed E-state index contributed by atoms with van der Waals surface area (Å²) in [6.45, 7) is 6.70. The molecule has 1 saturated heterocycles. The van der Waals surface area contributed by atoms with Gasteiger partial charge in [-0.1, -0.05) is 12.1 Å². The second kappa shape index (κ2) is 7.22. The number of hydrogen-bond acceptors (Lipinski definition) is 3. The summed E-state index contributed by atoms with van der Waals surface area (Å²) in [5, 5.41) is 0. The van der Waals surface area contributed by atoms with Gasteiger partial charge in [-0.05, 0) is 31.5 Å². The molecule has 0 saturated carbocycles. The number of amides is 2. The van der Waals surface area contributed by atoms with Crippen molar-refractivity contribution in [3.05, 3.63) is 29.8 Å². The van der Waals surface area contributed by atoms with Gasteiger partial charge in [0.05, 0.1) is 13.2 Å². The third kappa shape index (κ3) is 4.04. The van der Waals surface area contributed by atoms with E-state index in [9.17, 15) is 9.59 Å². The van der Waals surface area contributed by atoms with Crippen LogP contribution in [-0.4, -0.2) is 49.6 Å². The van der Waals surface area contributed by atoms with E-state index in [1.165, 1.54) is 0 Å². The van der Waals surface area contributed by atoms with Crippen molar-refractivity contribution in [2.75, 3.05) is 37.7 Å². The van der Waals surface area contributed by atoms with Crippen LogP contribution < -0.4 is 4.90 Å². The molecule has 1 fully saturated rings. The SMILES string of the molecule is CCN(C(=O)CC(=O)N1CCOCC1)c1cccc(C)c1. The van der Waals surface area contributed by atoms with Gasteiger partial charge >= 0.3 is 0 Å². The zero-order valence-corrected chi connectivity index (χ0v) is 12.7. The maximum Gasteiger partial charge on any atom is 0.236 e. The molecule has 2 rings (SSSR count). The molecule has 1 aliphatic heterocycles. The van der Waals surface area contributed by atoms with E-state index >= 15 is 0 Å². The molecule has 0 atom stereocenters. The Kier molecular flexibility index (Phi) is 5.33. The molecule has 1 aromatic carbocycles. The Bertz CT molecular complexity index is 510. The molecule has 1 heterocycles. The number of hydrogen-bond donors (Lipinski definition) is 0. The van der Waals surface area contributed by atoms with Crippen molar-refractivity contribution in [1.82, 2.24) is 4.90 Å². The highest BCUT2D eigenvalue weighted by molar-refractivity contribution is 6.05. The maximum absolute atomic E-state index is 12.4. The highest BCUT2D eigenvalue weighted by Crippen LogP contribution is 2.17. The van der Waals surface area contributed by atoms with Crippen molar-refractivity contribution in [2.45, 2.75) is 20.3 Å². The van der Waals surface area contributed by atoms with Gasteiger partial charge in [-0.3, -0.25) is 9.59 Å². The second-order valence-corrected chi connectivity index (χ2v) is 5.15. The third-order valence-electron chi connectivity index (χ3n) is 3.60. The van der Waals surface area contributed by atoms with E-state index < -0.39 is 0 Å². The van der Waals surface area contributed by atoms with E-state index in [4.69, 9.17) is 4.74 Å². The minimum absolute atomic E-state index is 0.0816. The number of nitrogens with zero attached hydrogens (tertiary/aromatic N) is 2.